The van der Waals surface area contributed by atoms with Gasteiger partial charge >= 0.3 is 0 Å². The summed E-state index contributed by atoms with van der Waals surface area (Å²) < 4.78 is 0. The Labute approximate surface area is 116 Å². The van der Waals surface area contributed by atoms with E-state index in [4.69, 9.17) is 0 Å². The molecule has 0 saturated carbocycles. The summed E-state index contributed by atoms with van der Waals surface area (Å²) in [5, 5.41) is 0. The average Bonchev–Trinajstić information content (AvgIpc) is 2.35. The molecule has 0 fully saturated rings. The van der Waals surface area contributed by atoms with Gasteiger partial charge in [0.25, 0.3) is 0 Å². The lowest BCUT2D eigenvalue weighted by molar-refractivity contribution is 0.339. The van der Waals surface area contributed by atoms with Crippen LogP contribution in [0.3, 0.4) is 0 Å². The maximum atomic E-state index is 2.30. The fraction of sp³-hybridized carbons (Fsp3) is 0.333. The van der Waals surface area contributed by atoms with Gasteiger partial charge in [0.05, 0.1) is 6.04 Å². The molecule has 2 aromatic rings. The van der Waals surface area contributed by atoms with Crippen molar-refractivity contribution in [3.63, 3.8) is 0 Å². The first-order chi connectivity index (χ1) is 9.02. The molecule has 0 N–H and O–H groups in total. The molecule has 2 rings (SSSR count). The molecule has 0 spiro atoms. The molecule has 100 valence electrons. The van der Waals surface area contributed by atoms with E-state index in [1.165, 1.54) is 27.8 Å². The number of nitrogens with zero attached hydrogens (tertiary/aromatic N) is 1. The van der Waals surface area contributed by atoms with E-state index in [0.717, 1.165) is 0 Å². The minimum atomic E-state index is 0.322. The third kappa shape index (κ3) is 2.71. The van der Waals surface area contributed by atoms with E-state index in [9.17, 15) is 0 Å². The first-order valence-electron chi connectivity index (χ1n) is 6.80. The van der Waals surface area contributed by atoms with Gasteiger partial charge in [-0.1, -0.05) is 42.5 Å². The molecule has 0 radical (unpaired) electrons. The van der Waals surface area contributed by atoms with Gasteiger partial charge in [-0.05, 0) is 62.7 Å². The van der Waals surface area contributed by atoms with Crippen LogP contribution in [-0.2, 0) is 0 Å². The van der Waals surface area contributed by atoms with Crippen molar-refractivity contribution in [3.05, 3.63) is 70.3 Å². The van der Waals surface area contributed by atoms with Crippen molar-refractivity contribution < 1.29 is 0 Å². The van der Waals surface area contributed by atoms with Crippen molar-refractivity contribution in [3.8, 4) is 0 Å². The molecular formula is C18H23N. The van der Waals surface area contributed by atoms with Crippen molar-refractivity contribution in [1.82, 2.24) is 4.90 Å². The zero-order chi connectivity index (χ0) is 14.0. The predicted octanol–water partition coefficient (Wildman–Crippen LogP) is 4.26. The lowest BCUT2D eigenvalue weighted by Gasteiger charge is -2.29. The SMILES string of the molecule is Cc1ccccc1[C@H](c1c(C)cccc1C)N(C)C. The minimum absolute atomic E-state index is 0.322. The second kappa shape index (κ2) is 5.58. The standard InChI is InChI=1S/C18H23N/c1-13-9-6-7-12-16(13)18(19(4)5)17-14(2)10-8-11-15(17)3/h6-12,18H,1-5H3/t18-/m1/s1. The lowest BCUT2D eigenvalue weighted by atomic mass is 9.88. The zero-order valence-corrected chi connectivity index (χ0v) is 12.6. The van der Waals surface area contributed by atoms with E-state index < -0.39 is 0 Å². The molecule has 1 atom stereocenters. The van der Waals surface area contributed by atoms with Gasteiger partial charge in [0.2, 0.25) is 0 Å². The Bertz CT molecular complexity index is 549. The highest BCUT2D eigenvalue weighted by Crippen LogP contribution is 2.33. The van der Waals surface area contributed by atoms with E-state index in [-0.39, 0.29) is 0 Å². The molecule has 19 heavy (non-hydrogen) atoms. The van der Waals surface area contributed by atoms with Crippen LogP contribution in [0.1, 0.15) is 33.9 Å². The second-order valence-electron chi connectivity index (χ2n) is 5.53. The van der Waals surface area contributed by atoms with E-state index >= 15 is 0 Å². The first kappa shape index (κ1) is 13.8. The topological polar surface area (TPSA) is 3.24 Å². The largest absolute Gasteiger partial charge is 0.299 e. The molecule has 1 heteroatoms. The highest BCUT2D eigenvalue weighted by molar-refractivity contribution is 5.44. The minimum Gasteiger partial charge on any atom is -0.299 e. The van der Waals surface area contributed by atoms with Gasteiger partial charge in [-0.2, -0.15) is 0 Å². The maximum Gasteiger partial charge on any atom is 0.0604 e. The normalized spacial score (nSPS) is 12.7. The van der Waals surface area contributed by atoms with Gasteiger partial charge in [0.1, 0.15) is 0 Å². The molecule has 0 bridgehead atoms. The molecule has 0 heterocycles. The first-order valence-corrected chi connectivity index (χ1v) is 6.80. The molecule has 0 aliphatic carbocycles. The Hall–Kier alpha value is -1.60. The fourth-order valence-electron chi connectivity index (χ4n) is 2.84. The van der Waals surface area contributed by atoms with Gasteiger partial charge in [-0.15, -0.1) is 0 Å². The smallest absolute Gasteiger partial charge is 0.0604 e. The van der Waals surface area contributed by atoms with Crippen LogP contribution in [0.2, 0.25) is 0 Å². The van der Waals surface area contributed by atoms with Crippen molar-refractivity contribution >= 4 is 0 Å². The Morgan fingerprint density at radius 1 is 0.737 bits per heavy atom. The molecule has 0 unspecified atom stereocenters. The molecule has 0 saturated heterocycles. The summed E-state index contributed by atoms with van der Waals surface area (Å²) in [7, 11) is 4.31. The third-order valence-corrected chi connectivity index (χ3v) is 3.82. The summed E-state index contributed by atoms with van der Waals surface area (Å²) >= 11 is 0. The quantitative estimate of drug-likeness (QED) is 0.790. The van der Waals surface area contributed by atoms with Gasteiger partial charge in [0.15, 0.2) is 0 Å². The van der Waals surface area contributed by atoms with Crippen LogP contribution < -0.4 is 0 Å². The molecule has 0 aromatic heterocycles. The third-order valence-electron chi connectivity index (χ3n) is 3.82. The van der Waals surface area contributed by atoms with Gasteiger partial charge < -0.3 is 0 Å². The van der Waals surface area contributed by atoms with Crippen LogP contribution in [0, 0.1) is 20.8 Å². The summed E-state index contributed by atoms with van der Waals surface area (Å²) in [5.74, 6) is 0. The summed E-state index contributed by atoms with van der Waals surface area (Å²) in [4.78, 5) is 2.30. The van der Waals surface area contributed by atoms with Crippen molar-refractivity contribution in [2.24, 2.45) is 0 Å². The van der Waals surface area contributed by atoms with E-state index in [2.05, 4.69) is 82.2 Å². The summed E-state index contributed by atoms with van der Waals surface area (Å²) in [6, 6.07) is 15.5. The molecule has 0 aliphatic rings. The fourth-order valence-corrected chi connectivity index (χ4v) is 2.84. The van der Waals surface area contributed by atoms with Crippen LogP contribution in [0.25, 0.3) is 0 Å². The van der Waals surface area contributed by atoms with E-state index in [1.807, 2.05) is 0 Å². The maximum absolute atomic E-state index is 2.30. The molecule has 2 aromatic carbocycles. The number of rotatable bonds is 3. The van der Waals surface area contributed by atoms with E-state index in [0.29, 0.717) is 6.04 Å². The Kier molecular flexibility index (Phi) is 4.06. The highest BCUT2D eigenvalue weighted by atomic mass is 15.1. The Morgan fingerprint density at radius 3 is 1.79 bits per heavy atom. The van der Waals surface area contributed by atoms with Gasteiger partial charge in [-0.25, -0.2) is 0 Å². The number of hydrogen-bond donors (Lipinski definition) is 0. The second-order valence-corrected chi connectivity index (χ2v) is 5.53. The van der Waals surface area contributed by atoms with Crippen LogP contribution in [0.5, 0.6) is 0 Å². The highest BCUT2D eigenvalue weighted by Gasteiger charge is 2.21. The number of hydrogen-bond acceptors (Lipinski definition) is 1. The Balaban J connectivity index is 2.63. The van der Waals surface area contributed by atoms with Gasteiger partial charge in [0, 0.05) is 0 Å². The molecular weight excluding hydrogens is 230 g/mol. The monoisotopic (exact) mass is 253 g/mol. The zero-order valence-electron chi connectivity index (χ0n) is 12.6. The van der Waals surface area contributed by atoms with Crippen LogP contribution in [0.4, 0.5) is 0 Å². The van der Waals surface area contributed by atoms with Crippen molar-refractivity contribution in [2.75, 3.05) is 14.1 Å². The van der Waals surface area contributed by atoms with Crippen molar-refractivity contribution in [1.29, 1.82) is 0 Å². The van der Waals surface area contributed by atoms with Crippen LogP contribution >= 0.6 is 0 Å². The van der Waals surface area contributed by atoms with Gasteiger partial charge in [-0.3, -0.25) is 4.90 Å². The number of benzene rings is 2. The molecule has 1 nitrogen and oxygen atoms in total. The van der Waals surface area contributed by atoms with E-state index in [1.54, 1.807) is 0 Å². The van der Waals surface area contributed by atoms with Crippen LogP contribution in [-0.4, -0.2) is 19.0 Å². The number of aryl methyl sites for hydroxylation is 3. The molecule has 0 aliphatic heterocycles. The predicted molar refractivity (Wildman–Crippen MR) is 82.6 cm³/mol. The summed E-state index contributed by atoms with van der Waals surface area (Å²) in [5.41, 5.74) is 6.90. The Morgan fingerprint density at radius 2 is 1.26 bits per heavy atom. The average molecular weight is 253 g/mol. The molecule has 0 amide bonds. The summed E-state index contributed by atoms with van der Waals surface area (Å²) in [6.07, 6.45) is 0. The lowest BCUT2D eigenvalue weighted by Crippen LogP contribution is -2.23. The van der Waals surface area contributed by atoms with Crippen molar-refractivity contribution in [2.45, 2.75) is 26.8 Å². The summed E-state index contributed by atoms with van der Waals surface area (Å²) in [6.45, 7) is 6.60. The van der Waals surface area contributed by atoms with Crippen LogP contribution in [0.15, 0.2) is 42.5 Å².